The van der Waals surface area contributed by atoms with Crippen molar-refractivity contribution in [2.45, 2.75) is 26.8 Å². The molecule has 0 spiro atoms. The van der Waals surface area contributed by atoms with E-state index in [1.165, 1.54) is 0 Å². The number of thiophene rings is 1. The highest BCUT2D eigenvalue weighted by molar-refractivity contribution is 7.17. The van der Waals surface area contributed by atoms with Gasteiger partial charge in [-0.2, -0.15) is 0 Å². The number of pyridine rings is 2. The average Bonchev–Trinajstić information content (AvgIpc) is 3.18. The maximum atomic E-state index is 10.6. The Hall–Kier alpha value is -2.50. The summed E-state index contributed by atoms with van der Waals surface area (Å²) in [5.41, 5.74) is 3.64. The molecule has 0 bridgehead atoms. The molecule has 0 aliphatic carbocycles. The quantitative estimate of drug-likeness (QED) is 0.490. The zero-order valence-electron chi connectivity index (χ0n) is 15.8. The fourth-order valence-corrected chi connectivity index (χ4v) is 4.53. The van der Waals surface area contributed by atoms with Crippen LogP contribution in [0.25, 0.3) is 32.1 Å². The second-order valence-electron chi connectivity index (χ2n) is 6.68. The molecule has 1 unspecified atom stereocenters. The van der Waals surface area contributed by atoms with Gasteiger partial charge in [0.1, 0.15) is 5.75 Å². The van der Waals surface area contributed by atoms with Crippen molar-refractivity contribution in [1.29, 1.82) is 0 Å². The summed E-state index contributed by atoms with van der Waals surface area (Å²) in [4.78, 5) is 11.7. The molecular weight excluding hydrogens is 354 g/mol. The van der Waals surface area contributed by atoms with Crippen LogP contribution in [0.3, 0.4) is 0 Å². The minimum atomic E-state index is 0.259. The van der Waals surface area contributed by atoms with Gasteiger partial charge in [-0.25, -0.2) is 0 Å². The fourth-order valence-electron chi connectivity index (χ4n) is 3.77. The number of phenols is 1. The lowest BCUT2D eigenvalue weighted by Gasteiger charge is -2.25. The standard InChI is InChI=1S/C22H23N3OS/c1-4-25(5-2)14(3)17-7-6-15(12-23-17)21-19(26)9-8-18-22(21)16-10-11-27-20(16)13-24-18/h6-14,26H,4-5H2,1-3H3. The normalized spacial score (nSPS) is 12.9. The van der Waals surface area contributed by atoms with Crippen molar-refractivity contribution < 1.29 is 5.11 Å². The fraction of sp³-hybridized carbons (Fsp3) is 0.273. The highest BCUT2D eigenvalue weighted by Gasteiger charge is 2.17. The third kappa shape index (κ3) is 3.07. The Morgan fingerprint density at radius 1 is 1.04 bits per heavy atom. The summed E-state index contributed by atoms with van der Waals surface area (Å²) in [7, 11) is 0. The summed E-state index contributed by atoms with van der Waals surface area (Å²) in [6, 6.07) is 10.1. The number of phenolic OH excluding ortho intramolecular Hbond substituents is 1. The number of aromatic nitrogens is 2. The molecule has 4 nitrogen and oxygen atoms in total. The number of hydrogen-bond donors (Lipinski definition) is 1. The first-order valence-electron chi connectivity index (χ1n) is 9.32. The molecule has 1 aromatic carbocycles. The summed E-state index contributed by atoms with van der Waals surface area (Å²) < 4.78 is 1.12. The van der Waals surface area contributed by atoms with Crippen molar-refractivity contribution in [2.75, 3.05) is 13.1 Å². The van der Waals surface area contributed by atoms with Crippen LogP contribution in [0.2, 0.25) is 0 Å². The van der Waals surface area contributed by atoms with Gasteiger partial charge in [0.25, 0.3) is 0 Å². The van der Waals surface area contributed by atoms with Crippen LogP contribution >= 0.6 is 11.3 Å². The molecule has 0 radical (unpaired) electrons. The molecule has 4 rings (SSSR count). The lowest BCUT2D eigenvalue weighted by atomic mass is 9.98. The third-order valence-electron chi connectivity index (χ3n) is 5.31. The van der Waals surface area contributed by atoms with Crippen molar-refractivity contribution in [2.24, 2.45) is 0 Å². The van der Waals surface area contributed by atoms with Gasteiger partial charge < -0.3 is 5.11 Å². The van der Waals surface area contributed by atoms with E-state index in [0.717, 1.165) is 50.9 Å². The first kappa shape index (κ1) is 17.9. The smallest absolute Gasteiger partial charge is 0.124 e. The van der Waals surface area contributed by atoms with Gasteiger partial charge in [0, 0.05) is 40.3 Å². The molecule has 0 saturated heterocycles. The molecule has 0 aliphatic rings. The topological polar surface area (TPSA) is 49.2 Å². The second kappa shape index (κ2) is 7.25. The van der Waals surface area contributed by atoms with Gasteiger partial charge >= 0.3 is 0 Å². The Labute approximate surface area is 163 Å². The zero-order valence-corrected chi connectivity index (χ0v) is 16.6. The van der Waals surface area contributed by atoms with Gasteiger partial charge in [-0.3, -0.25) is 14.9 Å². The van der Waals surface area contributed by atoms with E-state index in [2.05, 4.69) is 54.2 Å². The van der Waals surface area contributed by atoms with Crippen LogP contribution in [0.15, 0.2) is 48.1 Å². The Morgan fingerprint density at radius 2 is 1.85 bits per heavy atom. The van der Waals surface area contributed by atoms with Crippen LogP contribution in [0, 0.1) is 0 Å². The molecule has 0 amide bonds. The van der Waals surface area contributed by atoms with Gasteiger partial charge in [-0.1, -0.05) is 19.9 Å². The highest BCUT2D eigenvalue weighted by atomic mass is 32.1. The van der Waals surface area contributed by atoms with Gasteiger partial charge in [0.15, 0.2) is 0 Å². The molecule has 1 N–H and O–H groups in total. The molecule has 138 valence electrons. The van der Waals surface area contributed by atoms with Gasteiger partial charge in [-0.05, 0) is 49.7 Å². The predicted octanol–water partition coefficient (Wildman–Crippen LogP) is 5.62. The first-order valence-corrected chi connectivity index (χ1v) is 10.2. The van der Waals surface area contributed by atoms with Crippen molar-refractivity contribution in [3.63, 3.8) is 0 Å². The molecular formula is C22H23N3OS. The van der Waals surface area contributed by atoms with E-state index in [1.54, 1.807) is 17.4 Å². The van der Waals surface area contributed by atoms with E-state index in [-0.39, 0.29) is 11.8 Å². The van der Waals surface area contributed by atoms with Crippen molar-refractivity contribution in [1.82, 2.24) is 14.9 Å². The van der Waals surface area contributed by atoms with Crippen LogP contribution in [-0.2, 0) is 0 Å². The Morgan fingerprint density at radius 3 is 2.56 bits per heavy atom. The maximum absolute atomic E-state index is 10.6. The largest absolute Gasteiger partial charge is 0.507 e. The lowest BCUT2D eigenvalue weighted by molar-refractivity contribution is 0.230. The molecule has 4 aromatic rings. The minimum absolute atomic E-state index is 0.259. The first-order chi connectivity index (χ1) is 13.1. The molecule has 0 aliphatic heterocycles. The summed E-state index contributed by atoms with van der Waals surface area (Å²) >= 11 is 1.66. The summed E-state index contributed by atoms with van der Waals surface area (Å²) in [5.74, 6) is 0.259. The maximum Gasteiger partial charge on any atom is 0.124 e. The number of benzene rings is 1. The number of rotatable bonds is 5. The van der Waals surface area contributed by atoms with Gasteiger partial charge in [0.05, 0.1) is 15.9 Å². The molecule has 0 fully saturated rings. The van der Waals surface area contributed by atoms with Crippen LogP contribution in [0.5, 0.6) is 5.75 Å². The molecule has 5 heteroatoms. The summed E-state index contributed by atoms with van der Waals surface area (Å²) in [6.45, 7) is 8.51. The van der Waals surface area contributed by atoms with Crippen molar-refractivity contribution in [3.05, 3.63) is 53.8 Å². The minimum Gasteiger partial charge on any atom is -0.507 e. The van der Waals surface area contributed by atoms with Crippen LogP contribution in [0.4, 0.5) is 0 Å². The van der Waals surface area contributed by atoms with E-state index in [1.807, 2.05) is 18.5 Å². The molecule has 3 aromatic heterocycles. The number of hydrogen-bond acceptors (Lipinski definition) is 5. The third-order valence-corrected chi connectivity index (χ3v) is 6.16. The Balaban J connectivity index is 1.85. The lowest BCUT2D eigenvalue weighted by Crippen LogP contribution is -2.26. The van der Waals surface area contributed by atoms with Gasteiger partial charge in [-0.15, -0.1) is 11.3 Å². The van der Waals surface area contributed by atoms with E-state index >= 15 is 0 Å². The number of fused-ring (bicyclic) bond motifs is 3. The zero-order chi connectivity index (χ0) is 19.0. The molecule has 0 saturated carbocycles. The second-order valence-corrected chi connectivity index (χ2v) is 7.63. The molecule has 3 heterocycles. The van der Waals surface area contributed by atoms with E-state index in [4.69, 9.17) is 4.98 Å². The molecule has 1 atom stereocenters. The highest BCUT2D eigenvalue weighted by Crippen LogP contribution is 2.40. The van der Waals surface area contributed by atoms with E-state index in [9.17, 15) is 5.11 Å². The number of nitrogens with zero attached hydrogens (tertiary/aromatic N) is 3. The van der Waals surface area contributed by atoms with E-state index < -0.39 is 0 Å². The Bertz CT molecular complexity index is 1080. The van der Waals surface area contributed by atoms with Crippen molar-refractivity contribution >= 4 is 32.3 Å². The van der Waals surface area contributed by atoms with Crippen LogP contribution < -0.4 is 0 Å². The van der Waals surface area contributed by atoms with Crippen LogP contribution in [-0.4, -0.2) is 33.1 Å². The monoisotopic (exact) mass is 377 g/mol. The van der Waals surface area contributed by atoms with Crippen molar-refractivity contribution in [3.8, 4) is 16.9 Å². The van der Waals surface area contributed by atoms with Crippen LogP contribution in [0.1, 0.15) is 32.5 Å². The SMILES string of the molecule is CCN(CC)C(C)c1ccc(-c2c(O)ccc3ncc4sccc4c23)cn1. The Kier molecular flexibility index (Phi) is 4.81. The average molecular weight is 378 g/mol. The van der Waals surface area contributed by atoms with Gasteiger partial charge in [0.2, 0.25) is 0 Å². The summed E-state index contributed by atoms with van der Waals surface area (Å²) in [6.07, 6.45) is 3.77. The number of aromatic hydroxyl groups is 1. The predicted molar refractivity (Wildman–Crippen MR) is 113 cm³/mol. The van der Waals surface area contributed by atoms with E-state index in [0.29, 0.717) is 0 Å². The molecule has 27 heavy (non-hydrogen) atoms. The summed E-state index contributed by atoms with van der Waals surface area (Å²) in [5, 5.41) is 14.8.